The highest BCUT2D eigenvalue weighted by Crippen LogP contribution is 2.25. The van der Waals surface area contributed by atoms with Crippen LogP contribution >= 0.6 is 0 Å². The number of aromatic amines is 1. The quantitative estimate of drug-likeness (QED) is 0.753. The number of phenolic OH excluding ortho intramolecular Hbond substituents is 1. The van der Waals surface area contributed by atoms with Crippen LogP contribution in [0, 0.1) is 0 Å². The van der Waals surface area contributed by atoms with E-state index in [1.807, 2.05) is 12.1 Å². The number of H-pyrrole nitrogens is 1. The van der Waals surface area contributed by atoms with Crippen LogP contribution in [0.5, 0.6) is 5.75 Å². The molecule has 3 rings (SSSR count). The van der Waals surface area contributed by atoms with E-state index in [1.165, 1.54) is 11.0 Å². The number of nitrogens with one attached hydrogen (secondary N) is 1. The molecule has 0 fully saturated rings. The minimum absolute atomic E-state index is 0.0196. The third kappa shape index (κ3) is 2.43. The Hall–Kier alpha value is -2.89. The van der Waals surface area contributed by atoms with Gasteiger partial charge in [-0.3, -0.25) is 4.79 Å². The number of amides is 1. The lowest BCUT2D eigenvalue weighted by Crippen LogP contribution is -2.21. The molecule has 0 spiro atoms. The molecule has 21 heavy (non-hydrogen) atoms. The fraction of sp³-hybridized carbons (Fsp3) is 0.133. The minimum Gasteiger partial charge on any atom is -0.508 e. The van der Waals surface area contributed by atoms with Gasteiger partial charge in [-0.2, -0.15) is 0 Å². The first-order valence-electron chi connectivity index (χ1n) is 6.41. The molecule has 6 heteroatoms. The number of benzene rings is 1. The number of phenols is 1. The second kappa shape index (κ2) is 4.90. The standard InChI is InChI=1S/C15H14N4O2/c1-19(2)15(21)10-6-9(7-11(20)8-10)13-17-12-4-3-5-16-14(12)18-13/h3-8,20H,1-2H3,(H,16,17,18). The van der Waals surface area contributed by atoms with E-state index < -0.39 is 0 Å². The van der Waals surface area contributed by atoms with Crippen molar-refractivity contribution in [2.45, 2.75) is 0 Å². The number of fused-ring (bicyclic) bond motifs is 1. The molecule has 106 valence electrons. The van der Waals surface area contributed by atoms with Gasteiger partial charge in [0, 0.05) is 31.4 Å². The van der Waals surface area contributed by atoms with Crippen LogP contribution in [0.3, 0.4) is 0 Å². The molecule has 0 radical (unpaired) electrons. The van der Waals surface area contributed by atoms with E-state index in [2.05, 4.69) is 15.0 Å². The van der Waals surface area contributed by atoms with Crippen LogP contribution < -0.4 is 0 Å². The molecular weight excluding hydrogens is 268 g/mol. The SMILES string of the molecule is CN(C)C(=O)c1cc(O)cc(-c2nc3ncccc3[nH]2)c1. The summed E-state index contributed by atoms with van der Waals surface area (Å²) < 4.78 is 0. The van der Waals surface area contributed by atoms with Crippen molar-refractivity contribution in [3.05, 3.63) is 42.1 Å². The van der Waals surface area contributed by atoms with Crippen LogP contribution in [0.1, 0.15) is 10.4 Å². The van der Waals surface area contributed by atoms with Gasteiger partial charge in [-0.25, -0.2) is 9.97 Å². The van der Waals surface area contributed by atoms with Crippen LogP contribution in [-0.4, -0.2) is 45.0 Å². The van der Waals surface area contributed by atoms with Crippen molar-refractivity contribution in [3.8, 4) is 17.1 Å². The largest absolute Gasteiger partial charge is 0.508 e. The highest BCUT2D eigenvalue weighted by Gasteiger charge is 2.13. The van der Waals surface area contributed by atoms with Crippen molar-refractivity contribution in [3.63, 3.8) is 0 Å². The fourth-order valence-electron chi connectivity index (χ4n) is 2.11. The average molecular weight is 282 g/mol. The number of aromatic hydroxyl groups is 1. The maximum absolute atomic E-state index is 12.0. The van der Waals surface area contributed by atoms with Crippen molar-refractivity contribution in [2.24, 2.45) is 0 Å². The van der Waals surface area contributed by atoms with Crippen LogP contribution in [0.4, 0.5) is 0 Å². The molecule has 0 saturated heterocycles. The lowest BCUT2D eigenvalue weighted by Gasteiger charge is -2.11. The summed E-state index contributed by atoms with van der Waals surface area (Å²) in [5.41, 5.74) is 2.44. The van der Waals surface area contributed by atoms with Crippen LogP contribution in [-0.2, 0) is 0 Å². The summed E-state index contributed by atoms with van der Waals surface area (Å²) in [6, 6.07) is 8.37. The number of aromatic nitrogens is 3. The molecular formula is C15H14N4O2. The van der Waals surface area contributed by atoms with E-state index in [9.17, 15) is 9.90 Å². The maximum Gasteiger partial charge on any atom is 0.253 e. The van der Waals surface area contributed by atoms with Crippen molar-refractivity contribution in [1.82, 2.24) is 19.9 Å². The summed E-state index contributed by atoms with van der Waals surface area (Å²) >= 11 is 0. The molecule has 2 heterocycles. The summed E-state index contributed by atoms with van der Waals surface area (Å²) in [5, 5.41) is 9.83. The van der Waals surface area contributed by atoms with E-state index in [0.717, 1.165) is 5.52 Å². The van der Waals surface area contributed by atoms with Gasteiger partial charge in [-0.1, -0.05) is 0 Å². The maximum atomic E-state index is 12.0. The monoisotopic (exact) mass is 282 g/mol. The zero-order valence-corrected chi connectivity index (χ0v) is 11.7. The van der Waals surface area contributed by atoms with Gasteiger partial charge < -0.3 is 15.0 Å². The van der Waals surface area contributed by atoms with Crippen molar-refractivity contribution in [1.29, 1.82) is 0 Å². The molecule has 1 aromatic carbocycles. The van der Waals surface area contributed by atoms with E-state index in [4.69, 9.17) is 0 Å². The number of carbonyl (C=O) groups is 1. The highest BCUT2D eigenvalue weighted by molar-refractivity contribution is 5.95. The number of hydrogen-bond acceptors (Lipinski definition) is 4. The van der Waals surface area contributed by atoms with E-state index in [1.54, 1.807) is 32.4 Å². The molecule has 0 bridgehead atoms. The molecule has 0 aliphatic carbocycles. The summed E-state index contributed by atoms with van der Waals surface area (Å²) in [6.45, 7) is 0. The number of imidazole rings is 1. The first kappa shape index (κ1) is 13.1. The number of carbonyl (C=O) groups excluding carboxylic acids is 1. The van der Waals surface area contributed by atoms with Crippen LogP contribution in [0.2, 0.25) is 0 Å². The molecule has 1 amide bonds. The summed E-state index contributed by atoms with van der Waals surface area (Å²) in [7, 11) is 3.33. The molecule has 2 N–H and O–H groups in total. The third-order valence-electron chi connectivity index (χ3n) is 3.10. The molecule has 3 aromatic rings. The normalized spacial score (nSPS) is 10.8. The lowest BCUT2D eigenvalue weighted by atomic mass is 10.1. The Morgan fingerprint density at radius 3 is 2.81 bits per heavy atom. The third-order valence-corrected chi connectivity index (χ3v) is 3.10. The van der Waals surface area contributed by atoms with Gasteiger partial charge in [-0.05, 0) is 30.3 Å². The Morgan fingerprint density at radius 1 is 1.29 bits per heavy atom. The molecule has 2 aromatic heterocycles. The minimum atomic E-state index is -0.179. The average Bonchev–Trinajstić information content (AvgIpc) is 2.89. The van der Waals surface area contributed by atoms with E-state index in [-0.39, 0.29) is 11.7 Å². The smallest absolute Gasteiger partial charge is 0.253 e. The summed E-state index contributed by atoms with van der Waals surface area (Å²) in [4.78, 5) is 25.1. The number of pyridine rings is 1. The Morgan fingerprint density at radius 2 is 2.10 bits per heavy atom. The number of nitrogens with zero attached hydrogens (tertiary/aromatic N) is 3. The zero-order chi connectivity index (χ0) is 15.0. The van der Waals surface area contributed by atoms with Gasteiger partial charge in [0.2, 0.25) is 0 Å². The van der Waals surface area contributed by atoms with Crippen LogP contribution in [0.25, 0.3) is 22.6 Å². The Kier molecular flexibility index (Phi) is 3.06. The summed E-state index contributed by atoms with van der Waals surface area (Å²) in [6.07, 6.45) is 1.66. The molecule has 0 saturated carbocycles. The molecule has 0 unspecified atom stereocenters. The first-order valence-corrected chi connectivity index (χ1v) is 6.41. The predicted octanol–water partition coefficient (Wildman–Crippen LogP) is 2.03. The van der Waals surface area contributed by atoms with Gasteiger partial charge in [0.05, 0.1) is 5.52 Å². The predicted molar refractivity (Wildman–Crippen MR) is 79.0 cm³/mol. The zero-order valence-electron chi connectivity index (χ0n) is 11.7. The lowest BCUT2D eigenvalue weighted by molar-refractivity contribution is 0.0827. The van der Waals surface area contributed by atoms with Crippen molar-refractivity contribution < 1.29 is 9.90 Å². The van der Waals surface area contributed by atoms with Crippen molar-refractivity contribution >= 4 is 17.1 Å². The molecule has 0 atom stereocenters. The van der Waals surface area contributed by atoms with Gasteiger partial charge in [0.15, 0.2) is 5.65 Å². The molecule has 6 nitrogen and oxygen atoms in total. The second-order valence-corrected chi connectivity index (χ2v) is 4.93. The van der Waals surface area contributed by atoms with Gasteiger partial charge in [0.1, 0.15) is 11.6 Å². The highest BCUT2D eigenvalue weighted by atomic mass is 16.3. The topological polar surface area (TPSA) is 82.1 Å². The fourth-order valence-corrected chi connectivity index (χ4v) is 2.11. The Labute approximate surface area is 121 Å². The van der Waals surface area contributed by atoms with Gasteiger partial charge in [0.25, 0.3) is 5.91 Å². The number of rotatable bonds is 2. The Bertz CT molecular complexity index is 790. The summed E-state index contributed by atoms with van der Waals surface area (Å²) in [5.74, 6) is 0.403. The van der Waals surface area contributed by atoms with Gasteiger partial charge in [-0.15, -0.1) is 0 Å². The Balaban J connectivity index is 2.11. The molecule has 0 aliphatic heterocycles. The van der Waals surface area contributed by atoms with Crippen molar-refractivity contribution in [2.75, 3.05) is 14.1 Å². The molecule has 0 aliphatic rings. The number of hydrogen-bond donors (Lipinski definition) is 2. The van der Waals surface area contributed by atoms with Gasteiger partial charge >= 0.3 is 0 Å². The van der Waals surface area contributed by atoms with E-state index >= 15 is 0 Å². The second-order valence-electron chi connectivity index (χ2n) is 4.93. The first-order chi connectivity index (χ1) is 10.0. The van der Waals surface area contributed by atoms with E-state index in [0.29, 0.717) is 22.6 Å². The van der Waals surface area contributed by atoms with Crippen LogP contribution in [0.15, 0.2) is 36.5 Å².